The number of halogens is 2. The second-order valence-electron chi connectivity index (χ2n) is 13.5. The van der Waals surface area contributed by atoms with Crippen LogP contribution in [0.15, 0.2) is 36.7 Å². The Hall–Kier alpha value is -4.06. The van der Waals surface area contributed by atoms with Crippen molar-refractivity contribution >= 4 is 56.0 Å². The average Bonchev–Trinajstić information content (AvgIpc) is 3.66. The van der Waals surface area contributed by atoms with Gasteiger partial charge in [0, 0.05) is 66.7 Å². The van der Waals surface area contributed by atoms with Crippen molar-refractivity contribution in [1.82, 2.24) is 39.7 Å². The van der Waals surface area contributed by atoms with Gasteiger partial charge in [0.05, 0.1) is 39.9 Å². The molecule has 10 nitrogen and oxygen atoms in total. The van der Waals surface area contributed by atoms with Crippen molar-refractivity contribution in [2.45, 2.75) is 38.8 Å². The van der Waals surface area contributed by atoms with Crippen LogP contribution in [-0.2, 0) is 4.79 Å². The van der Waals surface area contributed by atoms with E-state index in [1.165, 1.54) is 0 Å². The third-order valence-electron chi connectivity index (χ3n) is 9.96. The molecular weight excluding hydrogens is 617 g/mol. The molecule has 2 aliphatic rings. The smallest absolute Gasteiger partial charge is 0.246 e. The molecule has 0 bridgehead atoms. The van der Waals surface area contributed by atoms with Crippen LogP contribution in [0.3, 0.4) is 0 Å². The molecule has 7 rings (SSSR count). The zero-order chi connectivity index (χ0) is 33.1. The predicted octanol–water partition coefficient (Wildman–Crippen LogP) is 5.57. The van der Waals surface area contributed by atoms with Crippen molar-refractivity contribution < 1.29 is 9.18 Å². The molecule has 1 amide bonds. The summed E-state index contributed by atoms with van der Waals surface area (Å²) in [6, 6.07) is 4.31. The van der Waals surface area contributed by atoms with Crippen LogP contribution in [-0.4, -0.2) is 113 Å². The number of nitrogens with zero attached hydrogens (tertiary/aromatic N) is 8. The quantitative estimate of drug-likeness (QED) is 0.229. The number of hydrogen-bond acceptors (Lipinski definition) is 7. The summed E-state index contributed by atoms with van der Waals surface area (Å²) < 4.78 is 19.2. The first-order valence-electron chi connectivity index (χ1n) is 16.2. The van der Waals surface area contributed by atoms with Gasteiger partial charge in [0.1, 0.15) is 11.3 Å². The summed E-state index contributed by atoms with van der Waals surface area (Å²) in [4.78, 5) is 26.2. The maximum absolute atomic E-state index is 17.1. The first-order valence-corrected chi connectivity index (χ1v) is 16.5. The molecule has 2 saturated heterocycles. The van der Waals surface area contributed by atoms with E-state index in [0.717, 1.165) is 70.2 Å². The van der Waals surface area contributed by atoms with Crippen LogP contribution in [0.5, 0.6) is 0 Å². The summed E-state index contributed by atoms with van der Waals surface area (Å²) in [7, 11) is 8.11. The summed E-state index contributed by atoms with van der Waals surface area (Å²) in [5.41, 5.74) is 4.95. The Morgan fingerprint density at radius 3 is 2.51 bits per heavy atom. The highest BCUT2D eigenvalue weighted by Gasteiger charge is 2.34. The van der Waals surface area contributed by atoms with Gasteiger partial charge in [-0.2, -0.15) is 10.2 Å². The predicted molar refractivity (Wildman–Crippen MR) is 187 cm³/mol. The number of hydrogen-bond donors (Lipinski definition) is 1. The minimum atomic E-state index is -0.450. The highest BCUT2D eigenvalue weighted by atomic mass is 35.5. The van der Waals surface area contributed by atoms with Crippen molar-refractivity contribution in [2.24, 2.45) is 0 Å². The number of carbonyl (C=O) groups excluding carboxylic acids is 1. The van der Waals surface area contributed by atoms with Gasteiger partial charge in [0.2, 0.25) is 5.91 Å². The van der Waals surface area contributed by atoms with Crippen molar-refractivity contribution in [3.8, 4) is 11.1 Å². The van der Waals surface area contributed by atoms with Crippen LogP contribution in [0.4, 0.5) is 10.2 Å². The Bertz CT molecular complexity index is 2030. The molecule has 0 spiro atoms. The highest BCUT2D eigenvalue weighted by Crippen LogP contribution is 2.44. The first-order chi connectivity index (χ1) is 22.5. The lowest BCUT2D eigenvalue weighted by atomic mass is 9.92. The van der Waals surface area contributed by atoms with Crippen LogP contribution in [0.25, 0.3) is 43.8 Å². The fraction of sp³-hybridized carbons (Fsp3) is 0.429. The second kappa shape index (κ2) is 12.2. The molecule has 2 aliphatic heterocycles. The van der Waals surface area contributed by atoms with E-state index in [2.05, 4.69) is 34.1 Å². The van der Waals surface area contributed by atoms with E-state index in [1.54, 1.807) is 12.3 Å². The van der Waals surface area contributed by atoms with E-state index in [-0.39, 0.29) is 17.5 Å². The topological polar surface area (TPSA) is 89.4 Å². The number of H-pyrrole nitrogens is 1. The van der Waals surface area contributed by atoms with E-state index < -0.39 is 5.82 Å². The van der Waals surface area contributed by atoms with Crippen molar-refractivity contribution in [1.29, 1.82) is 0 Å². The summed E-state index contributed by atoms with van der Waals surface area (Å²) in [6.07, 6.45) is 8.63. The molecule has 5 aromatic rings. The number of benzene rings is 2. The summed E-state index contributed by atoms with van der Waals surface area (Å²) in [5.74, 6) is 0.312. The number of aryl methyl sites for hydroxylation is 1. The zero-order valence-corrected chi connectivity index (χ0v) is 28.6. The number of anilines is 1. The number of rotatable bonds is 7. The normalized spacial score (nSPS) is 16.6. The van der Waals surface area contributed by atoms with Crippen LogP contribution in [0.2, 0.25) is 5.02 Å². The molecule has 2 fully saturated rings. The van der Waals surface area contributed by atoms with Crippen molar-refractivity contribution in [3.05, 3.63) is 58.6 Å². The first kappa shape index (κ1) is 31.5. The summed E-state index contributed by atoms with van der Waals surface area (Å²) in [5, 5.41) is 14.8. The van der Waals surface area contributed by atoms with E-state index in [1.807, 2.05) is 66.8 Å². The number of nitrogens with one attached hydrogen (secondary N) is 1. The van der Waals surface area contributed by atoms with Crippen molar-refractivity contribution in [2.75, 3.05) is 65.8 Å². The third kappa shape index (κ3) is 5.44. The molecule has 5 heterocycles. The molecule has 47 heavy (non-hydrogen) atoms. The molecule has 2 aromatic carbocycles. The summed E-state index contributed by atoms with van der Waals surface area (Å²) in [6.45, 7) is 7.55. The van der Waals surface area contributed by atoms with Crippen LogP contribution in [0, 0.1) is 19.7 Å². The monoisotopic (exact) mass is 657 g/mol. The number of fused-ring (bicyclic) bond motifs is 4. The molecule has 0 radical (unpaired) electrons. The number of aromatic nitrogens is 5. The number of likely N-dealkylation sites (tertiary alicyclic amines) is 1. The minimum Gasteiger partial charge on any atom is -0.353 e. The Morgan fingerprint density at radius 1 is 1.06 bits per heavy atom. The van der Waals surface area contributed by atoms with Crippen LogP contribution in [0.1, 0.15) is 30.0 Å². The molecule has 0 atom stereocenters. The largest absolute Gasteiger partial charge is 0.353 e. The lowest BCUT2D eigenvalue weighted by molar-refractivity contribution is -0.127. The van der Waals surface area contributed by atoms with Gasteiger partial charge >= 0.3 is 0 Å². The molecule has 12 heteroatoms. The van der Waals surface area contributed by atoms with E-state index >= 15 is 4.39 Å². The molecule has 1 N–H and O–H groups in total. The fourth-order valence-electron chi connectivity index (χ4n) is 7.01. The number of likely N-dealkylation sites (N-methyl/N-ethyl adjacent to an activating group) is 2. The molecule has 0 aliphatic carbocycles. The molecular formula is C35H41ClFN9O. The molecule has 3 aromatic heterocycles. The number of aromatic amines is 1. The fourth-order valence-corrected chi connectivity index (χ4v) is 7.30. The number of piperidine rings is 1. The van der Waals surface area contributed by atoms with Gasteiger partial charge in [-0.15, -0.1) is 0 Å². The minimum absolute atomic E-state index is 0.0281. The van der Waals surface area contributed by atoms with Gasteiger partial charge in [-0.3, -0.25) is 14.6 Å². The highest BCUT2D eigenvalue weighted by molar-refractivity contribution is 6.35. The SMILES string of the molecule is Cc1cc2[nH]ncc2c(-c2c(Cl)cc3c(nc(N4CC(N(C)C)C4)c4cnn(C5CCN(C(=O)/C=C/CN(C)C)CC5)c43)c2F)c1C. The lowest BCUT2D eigenvalue weighted by Gasteiger charge is -2.43. The van der Waals surface area contributed by atoms with E-state index in [4.69, 9.17) is 21.7 Å². The molecule has 0 unspecified atom stereocenters. The van der Waals surface area contributed by atoms with Gasteiger partial charge in [-0.05, 0) is 78.1 Å². The van der Waals surface area contributed by atoms with Gasteiger partial charge in [-0.1, -0.05) is 17.7 Å². The van der Waals surface area contributed by atoms with E-state index in [0.29, 0.717) is 41.6 Å². The zero-order valence-electron chi connectivity index (χ0n) is 27.8. The Morgan fingerprint density at radius 2 is 1.81 bits per heavy atom. The average molecular weight is 658 g/mol. The van der Waals surface area contributed by atoms with Gasteiger partial charge < -0.3 is 19.6 Å². The van der Waals surface area contributed by atoms with Crippen molar-refractivity contribution in [3.63, 3.8) is 0 Å². The molecule has 0 saturated carbocycles. The number of carbonyl (C=O) groups is 1. The Balaban J connectivity index is 1.34. The van der Waals surface area contributed by atoms with Crippen LogP contribution < -0.4 is 4.90 Å². The van der Waals surface area contributed by atoms with E-state index in [9.17, 15) is 4.79 Å². The van der Waals surface area contributed by atoms with Gasteiger partial charge in [-0.25, -0.2) is 9.37 Å². The van der Waals surface area contributed by atoms with Gasteiger partial charge in [0.25, 0.3) is 0 Å². The number of amides is 1. The maximum atomic E-state index is 17.1. The summed E-state index contributed by atoms with van der Waals surface area (Å²) >= 11 is 7.05. The third-order valence-corrected chi connectivity index (χ3v) is 10.3. The standard InChI is InChI=1S/C35H41ClFN9O/c1-20-14-28-25(16-38-41-28)30(21(20)2)31-27(36)15-24-33(32(31)37)40-35(45-18-23(19-45)43(5)6)26-17-39-46(34(24)26)22-9-12-44(13-10-22)29(47)8-7-11-42(3)4/h7-8,14-17,22-23H,9-13,18-19H2,1-6H3,(H,38,41)/b8-7+. The number of pyridine rings is 1. The van der Waals surface area contributed by atoms with Crippen LogP contribution >= 0.6 is 11.6 Å². The maximum Gasteiger partial charge on any atom is 0.246 e. The second-order valence-corrected chi connectivity index (χ2v) is 13.9. The van der Waals surface area contributed by atoms with Gasteiger partial charge in [0.15, 0.2) is 5.82 Å². The Labute approximate surface area is 278 Å². The lowest BCUT2D eigenvalue weighted by Crippen LogP contribution is -2.57. The Kier molecular flexibility index (Phi) is 8.18. The molecule has 246 valence electrons.